The van der Waals surface area contributed by atoms with E-state index in [9.17, 15) is 22.8 Å². The van der Waals surface area contributed by atoms with Crippen LogP contribution in [0.25, 0.3) is 0 Å². The number of aromatic carboxylic acids is 1. The van der Waals surface area contributed by atoms with Crippen molar-refractivity contribution in [2.75, 3.05) is 18.4 Å². The number of hydrogen-bond acceptors (Lipinski definition) is 3. The van der Waals surface area contributed by atoms with Gasteiger partial charge in [-0.1, -0.05) is 6.07 Å². The Kier molecular flexibility index (Phi) is 4.87. The number of carboxylic acids is 1. The average Bonchev–Trinajstić information content (AvgIpc) is 2.27. The van der Waals surface area contributed by atoms with Gasteiger partial charge in [0.05, 0.1) is 18.7 Å². The summed E-state index contributed by atoms with van der Waals surface area (Å²) in [5, 5.41) is 12.9. The van der Waals surface area contributed by atoms with Gasteiger partial charge in [-0.3, -0.25) is 4.79 Å². The highest BCUT2D eigenvalue weighted by Crippen LogP contribution is 2.12. The Labute approximate surface area is 106 Å². The monoisotopic (exact) mass is 276 g/mol. The second-order valence-corrected chi connectivity index (χ2v) is 3.65. The third-order valence-corrected chi connectivity index (χ3v) is 2.00. The number of anilines is 1. The van der Waals surface area contributed by atoms with Crippen molar-refractivity contribution in [1.82, 2.24) is 5.32 Å². The van der Waals surface area contributed by atoms with Crippen molar-refractivity contribution in [2.24, 2.45) is 0 Å². The molecule has 1 aromatic rings. The molecule has 0 saturated heterocycles. The van der Waals surface area contributed by atoms with E-state index in [4.69, 9.17) is 5.11 Å². The first-order valence-corrected chi connectivity index (χ1v) is 5.18. The third kappa shape index (κ3) is 5.87. The van der Waals surface area contributed by atoms with E-state index in [-0.39, 0.29) is 11.3 Å². The minimum atomic E-state index is -4.39. The molecule has 0 saturated carbocycles. The average molecular weight is 276 g/mol. The molecule has 0 aromatic heterocycles. The highest BCUT2D eigenvalue weighted by molar-refractivity contribution is 5.94. The SMILES string of the molecule is O=C(CNCC(F)(F)F)Nc1cccc(C(=O)O)c1. The smallest absolute Gasteiger partial charge is 0.401 e. The first kappa shape index (κ1) is 15.0. The van der Waals surface area contributed by atoms with Crippen LogP contribution < -0.4 is 10.6 Å². The Morgan fingerprint density at radius 3 is 2.53 bits per heavy atom. The molecule has 1 aromatic carbocycles. The highest BCUT2D eigenvalue weighted by atomic mass is 19.4. The van der Waals surface area contributed by atoms with Crippen LogP contribution in [0, 0.1) is 0 Å². The maximum atomic E-state index is 11.8. The summed E-state index contributed by atoms with van der Waals surface area (Å²) in [6, 6.07) is 5.40. The molecular formula is C11H11F3N2O3. The molecule has 0 atom stereocenters. The van der Waals surface area contributed by atoms with E-state index >= 15 is 0 Å². The van der Waals surface area contributed by atoms with Gasteiger partial charge < -0.3 is 15.7 Å². The maximum absolute atomic E-state index is 11.8. The molecule has 8 heteroatoms. The van der Waals surface area contributed by atoms with Crippen LogP contribution in [-0.4, -0.2) is 36.2 Å². The van der Waals surface area contributed by atoms with E-state index in [1.54, 1.807) is 0 Å². The number of carbonyl (C=O) groups is 2. The number of rotatable bonds is 5. The first-order valence-electron chi connectivity index (χ1n) is 5.18. The molecule has 0 aliphatic rings. The van der Waals surface area contributed by atoms with Crippen molar-refractivity contribution in [3.8, 4) is 0 Å². The predicted molar refractivity (Wildman–Crippen MR) is 61.0 cm³/mol. The summed E-state index contributed by atoms with van der Waals surface area (Å²) < 4.78 is 35.4. The zero-order valence-electron chi connectivity index (χ0n) is 9.62. The molecule has 1 amide bonds. The topological polar surface area (TPSA) is 78.4 Å². The van der Waals surface area contributed by atoms with E-state index < -0.39 is 31.1 Å². The van der Waals surface area contributed by atoms with E-state index in [1.165, 1.54) is 24.3 Å². The largest absolute Gasteiger partial charge is 0.478 e. The Hall–Kier alpha value is -2.09. The molecule has 104 valence electrons. The number of carboxylic acid groups (broad SMARTS) is 1. The van der Waals surface area contributed by atoms with Gasteiger partial charge in [0.25, 0.3) is 0 Å². The molecule has 5 nitrogen and oxygen atoms in total. The summed E-state index contributed by atoms with van der Waals surface area (Å²) in [5.41, 5.74) is 0.180. The molecule has 0 aliphatic carbocycles. The Morgan fingerprint density at radius 2 is 1.95 bits per heavy atom. The number of benzene rings is 1. The van der Waals surface area contributed by atoms with Crippen LogP contribution in [0.1, 0.15) is 10.4 Å². The van der Waals surface area contributed by atoms with Crippen LogP contribution in [0.5, 0.6) is 0 Å². The van der Waals surface area contributed by atoms with E-state index in [1.807, 2.05) is 5.32 Å². The number of carbonyl (C=O) groups excluding carboxylic acids is 1. The van der Waals surface area contributed by atoms with Gasteiger partial charge >= 0.3 is 12.1 Å². The Balaban J connectivity index is 2.48. The van der Waals surface area contributed by atoms with Crippen LogP contribution >= 0.6 is 0 Å². The van der Waals surface area contributed by atoms with Gasteiger partial charge in [0.1, 0.15) is 0 Å². The summed E-state index contributed by atoms with van der Waals surface area (Å²) in [4.78, 5) is 22.0. The van der Waals surface area contributed by atoms with Gasteiger partial charge in [0.2, 0.25) is 5.91 Å². The number of amides is 1. The van der Waals surface area contributed by atoms with Crippen LogP contribution in [0.2, 0.25) is 0 Å². The first-order chi connectivity index (χ1) is 8.78. The molecule has 3 N–H and O–H groups in total. The van der Waals surface area contributed by atoms with Gasteiger partial charge in [-0.25, -0.2) is 4.79 Å². The van der Waals surface area contributed by atoms with Crippen LogP contribution in [0.15, 0.2) is 24.3 Å². The van der Waals surface area contributed by atoms with Crippen molar-refractivity contribution >= 4 is 17.6 Å². The van der Waals surface area contributed by atoms with Crippen molar-refractivity contribution in [1.29, 1.82) is 0 Å². The van der Waals surface area contributed by atoms with Crippen LogP contribution in [0.4, 0.5) is 18.9 Å². The van der Waals surface area contributed by atoms with Gasteiger partial charge in [-0.15, -0.1) is 0 Å². The molecule has 0 unspecified atom stereocenters. The number of hydrogen-bond donors (Lipinski definition) is 3. The van der Waals surface area contributed by atoms with Gasteiger partial charge in [0.15, 0.2) is 0 Å². The molecule has 0 radical (unpaired) electrons. The lowest BCUT2D eigenvalue weighted by Gasteiger charge is -2.09. The fourth-order valence-corrected chi connectivity index (χ4v) is 1.25. The molecule has 0 aliphatic heterocycles. The van der Waals surface area contributed by atoms with E-state index in [0.29, 0.717) is 0 Å². The third-order valence-electron chi connectivity index (χ3n) is 2.00. The fraction of sp³-hybridized carbons (Fsp3) is 0.273. The molecule has 1 rings (SSSR count). The number of halogens is 3. The zero-order valence-corrected chi connectivity index (χ0v) is 9.62. The van der Waals surface area contributed by atoms with E-state index in [2.05, 4.69) is 5.32 Å². The van der Waals surface area contributed by atoms with Gasteiger partial charge in [0, 0.05) is 5.69 Å². The lowest BCUT2D eigenvalue weighted by atomic mass is 10.2. The minimum absolute atomic E-state index is 0.0268. The molecule has 0 bridgehead atoms. The number of alkyl halides is 3. The summed E-state index contributed by atoms with van der Waals surface area (Å²) in [6.45, 7) is -1.79. The minimum Gasteiger partial charge on any atom is -0.478 e. The molecule has 0 heterocycles. The normalized spacial score (nSPS) is 11.1. The summed E-state index contributed by atoms with van der Waals surface area (Å²) in [6.07, 6.45) is -4.39. The lowest BCUT2D eigenvalue weighted by Crippen LogP contribution is -2.35. The standard InChI is InChI=1S/C11H11F3N2O3/c12-11(13,14)6-15-5-9(17)16-8-3-1-2-7(4-8)10(18)19/h1-4,15H,5-6H2,(H,16,17)(H,18,19). The Morgan fingerprint density at radius 1 is 1.26 bits per heavy atom. The van der Waals surface area contributed by atoms with E-state index in [0.717, 1.165) is 0 Å². The van der Waals surface area contributed by atoms with Gasteiger partial charge in [-0.2, -0.15) is 13.2 Å². The Bertz CT molecular complexity index is 474. The quantitative estimate of drug-likeness (QED) is 0.761. The van der Waals surface area contributed by atoms with Crippen LogP contribution in [0.3, 0.4) is 0 Å². The lowest BCUT2D eigenvalue weighted by molar-refractivity contribution is -0.126. The molecular weight excluding hydrogens is 265 g/mol. The maximum Gasteiger partial charge on any atom is 0.401 e. The zero-order chi connectivity index (χ0) is 14.5. The second kappa shape index (κ2) is 6.19. The van der Waals surface area contributed by atoms with Gasteiger partial charge in [-0.05, 0) is 18.2 Å². The molecule has 0 spiro atoms. The van der Waals surface area contributed by atoms with Crippen molar-refractivity contribution < 1.29 is 27.9 Å². The summed E-state index contributed by atoms with van der Waals surface area (Å²) in [7, 11) is 0. The van der Waals surface area contributed by atoms with Crippen LogP contribution in [-0.2, 0) is 4.79 Å². The van der Waals surface area contributed by atoms with Crippen molar-refractivity contribution in [2.45, 2.75) is 6.18 Å². The summed E-state index contributed by atoms with van der Waals surface area (Å²) >= 11 is 0. The second-order valence-electron chi connectivity index (χ2n) is 3.65. The molecule has 19 heavy (non-hydrogen) atoms. The van der Waals surface area contributed by atoms with Crippen molar-refractivity contribution in [3.05, 3.63) is 29.8 Å². The predicted octanol–water partition coefficient (Wildman–Crippen LogP) is 1.48. The molecule has 0 fully saturated rings. The van der Waals surface area contributed by atoms with Crippen molar-refractivity contribution in [3.63, 3.8) is 0 Å². The fourth-order valence-electron chi connectivity index (χ4n) is 1.25. The highest BCUT2D eigenvalue weighted by Gasteiger charge is 2.26. The number of nitrogens with one attached hydrogen (secondary N) is 2. The summed E-state index contributed by atoms with van der Waals surface area (Å²) in [5.74, 6) is -1.85.